The largest absolute Gasteiger partial charge is 0.416 e. The molecule has 1 aromatic rings. The van der Waals surface area contributed by atoms with Crippen LogP contribution < -0.4 is 10.4 Å². The summed E-state index contributed by atoms with van der Waals surface area (Å²) in [6.45, 7) is 6.15. The number of nitrogens with zero attached hydrogens (tertiary/aromatic N) is 1. The Labute approximate surface area is 155 Å². The molecule has 0 aliphatic rings. The fourth-order valence-corrected chi connectivity index (χ4v) is 2.51. The van der Waals surface area contributed by atoms with E-state index < -0.39 is 41.5 Å². The highest BCUT2D eigenvalue weighted by atomic mass is 19.4. The van der Waals surface area contributed by atoms with Crippen LogP contribution in [0.25, 0.3) is 0 Å². The van der Waals surface area contributed by atoms with Gasteiger partial charge in [0.2, 0.25) is 5.91 Å². The maximum Gasteiger partial charge on any atom is 0.416 e. The third kappa shape index (κ3) is 6.26. The van der Waals surface area contributed by atoms with Crippen LogP contribution in [0.15, 0.2) is 24.3 Å². The Kier molecular flexibility index (Phi) is 7.81. The molecule has 1 aromatic carbocycles. The van der Waals surface area contributed by atoms with Crippen LogP contribution in [0.1, 0.15) is 46.1 Å². The Hall–Kier alpha value is -2.58. The van der Waals surface area contributed by atoms with Crippen LogP contribution >= 0.6 is 0 Å². The van der Waals surface area contributed by atoms with Gasteiger partial charge in [-0.1, -0.05) is 26.8 Å². The van der Waals surface area contributed by atoms with Gasteiger partial charge in [0, 0.05) is 19.0 Å². The Bertz CT molecular complexity index is 689. The predicted octanol–water partition coefficient (Wildman–Crippen LogP) is 3.46. The molecule has 1 atom stereocenters. The van der Waals surface area contributed by atoms with Crippen molar-refractivity contribution in [2.75, 3.05) is 4.90 Å². The Morgan fingerprint density at radius 2 is 1.85 bits per heavy atom. The molecule has 6 nitrogen and oxygen atoms in total. The van der Waals surface area contributed by atoms with Crippen molar-refractivity contribution in [2.45, 2.75) is 52.8 Å². The van der Waals surface area contributed by atoms with Crippen molar-refractivity contribution in [1.82, 2.24) is 5.48 Å². The van der Waals surface area contributed by atoms with Gasteiger partial charge >= 0.3 is 12.1 Å². The van der Waals surface area contributed by atoms with Crippen LogP contribution in [-0.4, -0.2) is 23.8 Å². The minimum atomic E-state index is -4.59. The lowest BCUT2D eigenvalue weighted by Crippen LogP contribution is -2.52. The van der Waals surface area contributed by atoms with Crippen LogP contribution in [-0.2, 0) is 25.4 Å². The third-order valence-electron chi connectivity index (χ3n) is 3.69. The molecule has 2 amide bonds. The van der Waals surface area contributed by atoms with Gasteiger partial charge in [0.25, 0.3) is 5.91 Å². The number of amides is 2. The van der Waals surface area contributed by atoms with E-state index >= 15 is 0 Å². The molecule has 1 unspecified atom stereocenters. The first-order valence-electron chi connectivity index (χ1n) is 8.45. The fourth-order valence-electron chi connectivity index (χ4n) is 2.51. The molecular formula is C18H23F3N2O4. The van der Waals surface area contributed by atoms with E-state index in [4.69, 9.17) is 0 Å². The number of halogens is 3. The normalized spacial score (nSPS) is 12.4. The van der Waals surface area contributed by atoms with E-state index in [-0.39, 0.29) is 12.1 Å². The Balaban J connectivity index is 3.19. The number of hydrogen-bond donors (Lipinski definition) is 1. The average molecular weight is 388 g/mol. The van der Waals surface area contributed by atoms with E-state index in [1.165, 1.54) is 6.07 Å². The van der Waals surface area contributed by atoms with Gasteiger partial charge in [-0.05, 0) is 30.5 Å². The second kappa shape index (κ2) is 9.38. The van der Waals surface area contributed by atoms with Crippen molar-refractivity contribution >= 4 is 23.5 Å². The van der Waals surface area contributed by atoms with Crippen LogP contribution in [0.5, 0.6) is 0 Å². The summed E-state index contributed by atoms with van der Waals surface area (Å²) in [4.78, 5) is 41.7. The monoisotopic (exact) mass is 388 g/mol. The maximum absolute atomic E-state index is 13.0. The van der Waals surface area contributed by atoms with Crippen LogP contribution in [0.3, 0.4) is 0 Å². The van der Waals surface area contributed by atoms with Crippen LogP contribution in [0.4, 0.5) is 18.9 Å². The SMILES string of the molecule is CCCC(=O)ONC(=O)C(C(C)C)N(C(C)=O)c1cccc(C(F)(F)F)c1. The number of alkyl halides is 3. The Morgan fingerprint density at radius 1 is 1.22 bits per heavy atom. The molecule has 1 N–H and O–H groups in total. The summed E-state index contributed by atoms with van der Waals surface area (Å²) < 4.78 is 39.0. The maximum atomic E-state index is 13.0. The number of hydroxylamine groups is 1. The van der Waals surface area contributed by atoms with Crippen molar-refractivity contribution < 1.29 is 32.4 Å². The quantitative estimate of drug-likeness (QED) is 0.758. The highest BCUT2D eigenvalue weighted by molar-refractivity contribution is 5.99. The van der Waals surface area contributed by atoms with E-state index in [1.54, 1.807) is 20.8 Å². The third-order valence-corrected chi connectivity index (χ3v) is 3.69. The molecule has 150 valence electrons. The van der Waals surface area contributed by atoms with Crippen molar-refractivity contribution in [3.63, 3.8) is 0 Å². The molecule has 0 saturated carbocycles. The fraction of sp³-hybridized carbons (Fsp3) is 0.500. The van der Waals surface area contributed by atoms with E-state index in [1.807, 2.05) is 5.48 Å². The van der Waals surface area contributed by atoms with E-state index in [9.17, 15) is 27.6 Å². The second-order valence-corrected chi connectivity index (χ2v) is 6.32. The molecule has 0 aliphatic heterocycles. The highest BCUT2D eigenvalue weighted by Crippen LogP contribution is 2.32. The number of benzene rings is 1. The number of carbonyl (C=O) groups is 3. The van der Waals surface area contributed by atoms with E-state index in [2.05, 4.69) is 4.84 Å². The molecule has 0 radical (unpaired) electrons. The zero-order valence-electron chi connectivity index (χ0n) is 15.6. The lowest BCUT2D eigenvalue weighted by Gasteiger charge is -2.32. The lowest BCUT2D eigenvalue weighted by atomic mass is 10.0. The van der Waals surface area contributed by atoms with Gasteiger partial charge in [-0.25, -0.2) is 4.79 Å². The van der Waals surface area contributed by atoms with Gasteiger partial charge < -0.3 is 4.84 Å². The van der Waals surface area contributed by atoms with Crippen molar-refractivity contribution in [3.05, 3.63) is 29.8 Å². The second-order valence-electron chi connectivity index (χ2n) is 6.32. The van der Waals surface area contributed by atoms with Gasteiger partial charge in [0.05, 0.1) is 5.56 Å². The van der Waals surface area contributed by atoms with Crippen LogP contribution in [0.2, 0.25) is 0 Å². The minimum Gasteiger partial charge on any atom is -0.341 e. The lowest BCUT2D eigenvalue weighted by molar-refractivity contribution is -0.159. The summed E-state index contributed by atoms with van der Waals surface area (Å²) >= 11 is 0. The zero-order chi connectivity index (χ0) is 20.8. The van der Waals surface area contributed by atoms with E-state index in [0.717, 1.165) is 30.0 Å². The van der Waals surface area contributed by atoms with Gasteiger partial charge in [0.15, 0.2) is 0 Å². The van der Waals surface area contributed by atoms with Crippen molar-refractivity contribution in [3.8, 4) is 0 Å². The molecule has 0 aliphatic carbocycles. The van der Waals surface area contributed by atoms with Crippen LogP contribution in [0, 0.1) is 5.92 Å². The zero-order valence-corrected chi connectivity index (χ0v) is 15.6. The molecule has 0 bridgehead atoms. The molecule has 0 fully saturated rings. The molecular weight excluding hydrogens is 365 g/mol. The molecule has 9 heteroatoms. The molecule has 27 heavy (non-hydrogen) atoms. The summed E-state index contributed by atoms with van der Waals surface area (Å²) in [6, 6.07) is 2.97. The summed E-state index contributed by atoms with van der Waals surface area (Å²) in [5, 5.41) is 0. The van der Waals surface area contributed by atoms with Crippen molar-refractivity contribution in [1.29, 1.82) is 0 Å². The van der Waals surface area contributed by atoms with E-state index in [0.29, 0.717) is 6.42 Å². The summed E-state index contributed by atoms with van der Waals surface area (Å²) in [6.07, 6.45) is -3.98. The molecule has 0 heterocycles. The average Bonchev–Trinajstić information content (AvgIpc) is 2.56. The highest BCUT2D eigenvalue weighted by Gasteiger charge is 2.35. The smallest absolute Gasteiger partial charge is 0.341 e. The first kappa shape index (κ1) is 22.5. The number of rotatable bonds is 6. The molecule has 0 spiro atoms. The minimum absolute atomic E-state index is 0.0777. The number of nitrogens with one attached hydrogen (secondary N) is 1. The topological polar surface area (TPSA) is 75.7 Å². The standard InChI is InChI=1S/C18H23F3N2O4/c1-5-7-15(25)27-22-17(26)16(11(2)3)23(12(4)24)14-9-6-8-13(10-14)18(19,20)21/h6,8-11,16H,5,7H2,1-4H3,(H,22,26). The number of hydrogen-bond acceptors (Lipinski definition) is 4. The Morgan fingerprint density at radius 3 is 2.33 bits per heavy atom. The molecule has 1 rings (SSSR count). The first-order chi connectivity index (χ1) is 12.5. The molecule has 0 saturated heterocycles. The number of anilines is 1. The molecule has 0 aromatic heterocycles. The van der Waals surface area contributed by atoms with Gasteiger partial charge in [-0.3, -0.25) is 14.5 Å². The van der Waals surface area contributed by atoms with Gasteiger partial charge in [-0.2, -0.15) is 18.7 Å². The van der Waals surface area contributed by atoms with Gasteiger partial charge in [0.1, 0.15) is 6.04 Å². The summed E-state index contributed by atoms with van der Waals surface area (Å²) in [5.41, 5.74) is 0.975. The summed E-state index contributed by atoms with van der Waals surface area (Å²) in [7, 11) is 0. The van der Waals surface area contributed by atoms with Gasteiger partial charge in [-0.15, -0.1) is 0 Å². The summed E-state index contributed by atoms with van der Waals surface area (Å²) in [5.74, 6) is -2.54. The van der Waals surface area contributed by atoms with Crippen molar-refractivity contribution in [2.24, 2.45) is 5.92 Å². The predicted molar refractivity (Wildman–Crippen MR) is 92.4 cm³/mol. The number of carbonyl (C=O) groups excluding carboxylic acids is 3. The first-order valence-corrected chi connectivity index (χ1v) is 8.45.